The molecule has 20 heavy (non-hydrogen) atoms. The summed E-state index contributed by atoms with van der Waals surface area (Å²) in [5, 5.41) is 11.4. The summed E-state index contributed by atoms with van der Waals surface area (Å²) in [6.07, 6.45) is 2.88. The summed E-state index contributed by atoms with van der Waals surface area (Å²) in [6, 6.07) is 6.64. The molecule has 0 saturated carbocycles. The number of carbonyl (C=O) groups excluding carboxylic acids is 2. The number of ether oxygens (including phenoxy) is 1. The molecule has 1 aromatic carbocycles. The lowest BCUT2D eigenvalue weighted by atomic mass is 10.1. The second-order valence-corrected chi connectivity index (χ2v) is 4.16. The maximum absolute atomic E-state index is 11.2. The first-order chi connectivity index (χ1) is 9.67. The van der Waals surface area contributed by atoms with Gasteiger partial charge < -0.3 is 15.2 Å². The summed E-state index contributed by atoms with van der Waals surface area (Å²) in [6.45, 7) is 4.01. The predicted molar refractivity (Wildman–Crippen MR) is 75.8 cm³/mol. The molecular weight excluding hydrogens is 258 g/mol. The van der Waals surface area contributed by atoms with E-state index in [4.69, 9.17) is 9.84 Å². The Labute approximate surface area is 118 Å². The first kappa shape index (κ1) is 15.9. The van der Waals surface area contributed by atoms with E-state index in [0.29, 0.717) is 24.5 Å². The Kier molecular flexibility index (Phi) is 7.06. The predicted octanol–water partition coefficient (Wildman–Crippen LogP) is 1.32. The standard InChI is InChI=1S/C15H19NO4/c1-2-15(19)16-9-3-4-10-20-13-7-5-12(6-8-13)14(18)11-17/h2,5-8,17H,1,3-4,9-11H2,(H,16,19). The molecule has 0 aliphatic rings. The summed E-state index contributed by atoms with van der Waals surface area (Å²) >= 11 is 0. The van der Waals surface area contributed by atoms with E-state index in [1.54, 1.807) is 24.3 Å². The van der Waals surface area contributed by atoms with Crippen LogP contribution in [0.5, 0.6) is 5.75 Å². The van der Waals surface area contributed by atoms with Crippen molar-refractivity contribution >= 4 is 11.7 Å². The van der Waals surface area contributed by atoms with Crippen molar-refractivity contribution in [3.8, 4) is 5.75 Å². The van der Waals surface area contributed by atoms with Crippen LogP contribution in [0.4, 0.5) is 0 Å². The Bertz CT molecular complexity index is 453. The molecule has 108 valence electrons. The van der Waals surface area contributed by atoms with E-state index in [1.807, 2.05) is 0 Å². The molecule has 1 amide bonds. The van der Waals surface area contributed by atoms with Crippen LogP contribution in [0.1, 0.15) is 23.2 Å². The van der Waals surface area contributed by atoms with Crippen LogP contribution in [0.15, 0.2) is 36.9 Å². The van der Waals surface area contributed by atoms with Gasteiger partial charge in [0.1, 0.15) is 12.4 Å². The lowest BCUT2D eigenvalue weighted by Crippen LogP contribution is -2.22. The van der Waals surface area contributed by atoms with E-state index in [9.17, 15) is 9.59 Å². The van der Waals surface area contributed by atoms with Crippen molar-refractivity contribution in [1.29, 1.82) is 0 Å². The van der Waals surface area contributed by atoms with Crippen LogP contribution in [0, 0.1) is 0 Å². The van der Waals surface area contributed by atoms with Gasteiger partial charge in [0.15, 0.2) is 5.78 Å². The number of nitrogens with one attached hydrogen (secondary N) is 1. The molecule has 0 aliphatic heterocycles. The quantitative estimate of drug-likeness (QED) is 0.405. The van der Waals surface area contributed by atoms with E-state index >= 15 is 0 Å². The average molecular weight is 277 g/mol. The van der Waals surface area contributed by atoms with Crippen LogP contribution < -0.4 is 10.1 Å². The SMILES string of the molecule is C=CC(=O)NCCCCOc1ccc(C(=O)CO)cc1. The number of rotatable bonds is 9. The van der Waals surface area contributed by atoms with Gasteiger partial charge in [-0.05, 0) is 43.2 Å². The van der Waals surface area contributed by atoms with Crippen LogP contribution in [0.25, 0.3) is 0 Å². The third-order valence-corrected chi connectivity index (χ3v) is 2.64. The van der Waals surface area contributed by atoms with Gasteiger partial charge in [-0.15, -0.1) is 0 Å². The summed E-state index contributed by atoms with van der Waals surface area (Å²) in [4.78, 5) is 22.1. The van der Waals surface area contributed by atoms with E-state index in [-0.39, 0.29) is 11.7 Å². The minimum Gasteiger partial charge on any atom is -0.494 e. The number of ketones is 1. The fourth-order valence-electron chi connectivity index (χ4n) is 1.53. The summed E-state index contributed by atoms with van der Waals surface area (Å²) in [5.74, 6) is 0.194. The third kappa shape index (κ3) is 5.67. The second-order valence-electron chi connectivity index (χ2n) is 4.16. The van der Waals surface area contributed by atoms with Crippen LogP contribution in [-0.4, -0.2) is 36.6 Å². The number of aliphatic hydroxyl groups is 1. The van der Waals surface area contributed by atoms with Gasteiger partial charge in [-0.2, -0.15) is 0 Å². The molecule has 0 atom stereocenters. The number of unbranched alkanes of at least 4 members (excludes halogenated alkanes) is 1. The topological polar surface area (TPSA) is 75.6 Å². The smallest absolute Gasteiger partial charge is 0.243 e. The first-order valence-corrected chi connectivity index (χ1v) is 6.44. The zero-order chi connectivity index (χ0) is 14.8. The highest BCUT2D eigenvalue weighted by Crippen LogP contribution is 2.13. The summed E-state index contributed by atoms with van der Waals surface area (Å²) in [7, 11) is 0. The molecule has 0 saturated heterocycles. The maximum Gasteiger partial charge on any atom is 0.243 e. The zero-order valence-electron chi connectivity index (χ0n) is 11.3. The van der Waals surface area contributed by atoms with Crippen LogP contribution in [0.3, 0.4) is 0 Å². The molecule has 0 bridgehead atoms. The molecule has 0 unspecified atom stereocenters. The Hall–Kier alpha value is -2.14. The van der Waals surface area contributed by atoms with Gasteiger partial charge in [-0.3, -0.25) is 9.59 Å². The Morgan fingerprint density at radius 1 is 1.25 bits per heavy atom. The highest BCUT2D eigenvalue weighted by Gasteiger charge is 2.03. The van der Waals surface area contributed by atoms with Crippen molar-refractivity contribution in [3.05, 3.63) is 42.5 Å². The molecule has 2 N–H and O–H groups in total. The van der Waals surface area contributed by atoms with Gasteiger partial charge in [-0.1, -0.05) is 6.58 Å². The van der Waals surface area contributed by atoms with Gasteiger partial charge in [0.25, 0.3) is 0 Å². The zero-order valence-corrected chi connectivity index (χ0v) is 11.3. The number of aliphatic hydroxyl groups excluding tert-OH is 1. The number of hydrogen-bond acceptors (Lipinski definition) is 4. The van der Waals surface area contributed by atoms with Gasteiger partial charge in [0, 0.05) is 12.1 Å². The van der Waals surface area contributed by atoms with E-state index in [0.717, 1.165) is 12.8 Å². The fourth-order valence-corrected chi connectivity index (χ4v) is 1.53. The highest BCUT2D eigenvalue weighted by atomic mass is 16.5. The number of carbonyl (C=O) groups is 2. The number of Topliss-reactive ketones (excluding diaryl/α,β-unsaturated/α-hetero) is 1. The van der Waals surface area contributed by atoms with Crippen molar-refractivity contribution < 1.29 is 19.4 Å². The largest absolute Gasteiger partial charge is 0.494 e. The molecule has 0 aliphatic carbocycles. The number of benzene rings is 1. The Morgan fingerprint density at radius 2 is 1.95 bits per heavy atom. The monoisotopic (exact) mass is 277 g/mol. The fraction of sp³-hybridized carbons (Fsp3) is 0.333. The van der Waals surface area contributed by atoms with Crippen molar-refractivity contribution in [2.75, 3.05) is 19.8 Å². The van der Waals surface area contributed by atoms with Gasteiger partial charge in [0.05, 0.1) is 6.61 Å². The molecule has 0 spiro atoms. The molecule has 0 fully saturated rings. The van der Waals surface area contributed by atoms with Crippen molar-refractivity contribution in [2.45, 2.75) is 12.8 Å². The maximum atomic E-state index is 11.2. The molecule has 5 heteroatoms. The van der Waals surface area contributed by atoms with E-state index in [2.05, 4.69) is 11.9 Å². The normalized spacial score (nSPS) is 9.85. The van der Waals surface area contributed by atoms with Gasteiger partial charge in [0.2, 0.25) is 5.91 Å². The molecule has 0 aromatic heterocycles. The van der Waals surface area contributed by atoms with Crippen molar-refractivity contribution in [2.24, 2.45) is 0 Å². The average Bonchev–Trinajstić information content (AvgIpc) is 2.50. The second kappa shape index (κ2) is 8.87. The first-order valence-electron chi connectivity index (χ1n) is 6.44. The minimum absolute atomic E-state index is 0.171. The molecule has 5 nitrogen and oxygen atoms in total. The van der Waals surface area contributed by atoms with E-state index in [1.165, 1.54) is 6.08 Å². The lowest BCUT2D eigenvalue weighted by molar-refractivity contribution is -0.116. The third-order valence-electron chi connectivity index (χ3n) is 2.64. The molecular formula is C15H19NO4. The molecule has 0 heterocycles. The molecule has 0 radical (unpaired) electrons. The van der Waals surface area contributed by atoms with Crippen LogP contribution in [0.2, 0.25) is 0 Å². The van der Waals surface area contributed by atoms with Crippen molar-refractivity contribution in [3.63, 3.8) is 0 Å². The molecule has 1 aromatic rings. The minimum atomic E-state index is -0.489. The van der Waals surface area contributed by atoms with Gasteiger partial charge >= 0.3 is 0 Å². The van der Waals surface area contributed by atoms with E-state index < -0.39 is 6.61 Å². The summed E-state index contributed by atoms with van der Waals surface area (Å²) < 4.78 is 5.50. The van der Waals surface area contributed by atoms with Crippen LogP contribution in [-0.2, 0) is 4.79 Å². The summed E-state index contributed by atoms with van der Waals surface area (Å²) in [5.41, 5.74) is 0.465. The highest BCUT2D eigenvalue weighted by molar-refractivity contribution is 5.96. The Balaban J connectivity index is 2.20. The molecule has 1 rings (SSSR count). The van der Waals surface area contributed by atoms with Crippen molar-refractivity contribution in [1.82, 2.24) is 5.32 Å². The van der Waals surface area contributed by atoms with Crippen LogP contribution >= 0.6 is 0 Å². The Morgan fingerprint density at radius 3 is 2.55 bits per heavy atom. The lowest BCUT2D eigenvalue weighted by Gasteiger charge is -2.07. The number of hydrogen-bond donors (Lipinski definition) is 2. The van der Waals surface area contributed by atoms with Gasteiger partial charge in [-0.25, -0.2) is 0 Å². The number of amides is 1.